The number of hydrogen-bond donors (Lipinski definition) is 2. The van der Waals surface area contributed by atoms with E-state index < -0.39 is 17.8 Å². The molecule has 3 N–H and O–H groups in total. The molecule has 0 unspecified atom stereocenters. The molecule has 18 heavy (non-hydrogen) atoms. The summed E-state index contributed by atoms with van der Waals surface area (Å²) >= 11 is 0. The van der Waals surface area contributed by atoms with Crippen molar-refractivity contribution >= 4 is 11.8 Å². The van der Waals surface area contributed by atoms with Crippen LogP contribution in [0.5, 0.6) is 0 Å². The maximum absolute atomic E-state index is 12.9. The van der Waals surface area contributed by atoms with E-state index in [0.29, 0.717) is 12.8 Å². The van der Waals surface area contributed by atoms with Crippen molar-refractivity contribution in [3.05, 3.63) is 29.8 Å². The van der Waals surface area contributed by atoms with Crippen molar-refractivity contribution in [2.45, 2.75) is 25.3 Å². The Morgan fingerprint density at radius 3 is 2.89 bits per heavy atom. The lowest BCUT2D eigenvalue weighted by Gasteiger charge is -2.18. The van der Waals surface area contributed by atoms with E-state index in [1.807, 2.05) is 0 Å². The fraction of sp³-hybridized carbons (Fsp3) is 0.417. The van der Waals surface area contributed by atoms with E-state index >= 15 is 0 Å². The van der Waals surface area contributed by atoms with Crippen LogP contribution in [0.15, 0.2) is 18.3 Å². The molecule has 2 rings (SSSR count). The highest BCUT2D eigenvalue weighted by atomic mass is 19.1. The molecule has 1 aromatic rings. The molecule has 1 aliphatic rings. The van der Waals surface area contributed by atoms with Gasteiger partial charge in [0.25, 0.3) is 5.91 Å². The second-order valence-electron chi connectivity index (χ2n) is 4.39. The van der Waals surface area contributed by atoms with Crippen LogP contribution >= 0.6 is 0 Å². The SMILES string of the molecule is NC(=O)[C@H]1CCC[C@H]1NC(=O)c1ccnc(F)c1. The minimum absolute atomic E-state index is 0.192. The van der Waals surface area contributed by atoms with Gasteiger partial charge in [0.2, 0.25) is 11.9 Å². The molecular weight excluding hydrogens is 237 g/mol. The number of carbonyl (C=O) groups excluding carboxylic acids is 2. The van der Waals surface area contributed by atoms with Crippen molar-refractivity contribution in [3.63, 3.8) is 0 Å². The lowest BCUT2D eigenvalue weighted by molar-refractivity contribution is -0.122. The summed E-state index contributed by atoms with van der Waals surface area (Å²) in [5.74, 6) is -1.85. The van der Waals surface area contributed by atoms with E-state index in [0.717, 1.165) is 12.5 Å². The number of halogens is 1. The van der Waals surface area contributed by atoms with Crippen LogP contribution in [-0.4, -0.2) is 22.8 Å². The number of hydrogen-bond acceptors (Lipinski definition) is 3. The molecule has 0 bridgehead atoms. The molecule has 0 saturated heterocycles. The Morgan fingerprint density at radius 1 is 1.44 bits per heavy atom. The number of nitrogens with one attached hydrogen (secondary N) is 1. The maximum Gasteiger partial charge on any atom is 0.251 e. The van der Waals surface area contributed by atoms with Crippen molar-refractivity contribution in [1.82, 2.24) is 10.3 Å². The predicted octanol–water partition coefficient (Wildman–Crippen LogP) is 0.604. The standard InChI is InChI=1S/C12H14FN3O2/c13-10-6-7(4-5-15-10)12(18)16-9-3-1-2-8(9)11(14)17/h4-6,8-9H,1-3H2,(H2,14,17)(H,16,18)/t8-,9+/m0/s1. The summed E-state index contributed by atoms with van der Waals surface area (Å²) in [6.45, 7) is 0. The summed E-state index contributed by atoms with van der Waals surface area (Å²) < 4.78 is 12.9. The molecule has 0 aromatic carbocycles. The van der Waals surface area contributed by atoms with Crippen molar-refractivity contribution < 1.29 is 14.0 Å². The predicted molar refractivity (Wildman–Crippen MR) is 62.0 cm³/mol. The first-order valence-electron chi connectivity index (χ1n) is 5.79. The highest BCUT2D eigenvalue weighted by Gasteiger charge is 2.32. The van der Waals surface area contributed by atoms with Gasteiger partial charge in [0.05, 0.1) is 5.92 Å². The van der Waals surface area contributed by atoms with Crippen LogP contribution in [0.25, 0.3) is 0 Å². The number of rotatable bonds is 3. The topological polar surface area (TPSA) is 85.1 Å². The Kier molecular flexibility index (Phi) is 3.55. The van der Waals surface area contributed by atoms with Crippen LogP contribution in [0, 0.1) is 11.9 Å². The Hall–Kier alpha value is -1.98. The zero-order chi connectivity index (χ0) is 13.1. The first-order valence-corrected chi connectivity index (χ1v) is 5.79. The van der Waals surface area contributed by atoms with Gasteiger partial charge in [-0.25, -0.2) is 4.98 Å². The smallest absolute Gasteiger partial charge is 0.251 e. The molecule has 5 nitrogen and oxygen atoms in total. The molecule has 1 saturated carbocycles. The first kappa shape index (κ1) is 12.5. The minimum Gasteiger partial charge on any atom is -0.369 e. The number of amides is 2. The lowest BCUT2D eigenvalue weighted by atomic mass is 10.0. The van der Waals surface area contributed by atoms with Gasteiger partial charge in [-0.3, -0.25) is 9.59 Å². The van der Waals surface area contributed by atoms with Crippen LogP contribution in [-0.2, 0) is 4.79 Å². The normalized spacial score (nSPS) is 22.7. The molecule has 2 amide bonds. The molecule has 0 aliphatic heterocycles. The summed E-state index contributed by atoms with van der Waals surface area (Å²) in [7, 11) is 0. The zero-order valence-electron chi connectivity index (χ0n) is 9.73. The van der Waals surface area contributed by atoms with E-state index in [4.69, 9.17) is 5.73 Å². The summed E-state index contributed by atoms with van der Waals surface area (Å²) in [6, 6.07) is 2.22. The van der Waals surface area contributed by atoms with Crippen LogP contribution in [0.2, 0.25) is 0 Å². The van der Waals surface area contributed by atoms with Gasteiger partial charge in [0.15, 0.2) is 0 Å². The molecule has 0 spiro atoms. The van der Waals surface area contributed by atoms with Crippen LogP contribution < -0.4 is 11.1 Å². The fourth-order valence-electron chi connectivity index (χ4n) is 2.27. The van der Waals surface area contributed by atoms with Gasteiger partial charge in [-0.15, -0.1) is 0 Å². The average Bonchev–Trinajstić information content (AvgIpc) is 2.77. The summed E-state index contributed by atoms with van der Waals surface area (Å²) in [5, 5.41) is 2.72. The van der Waals surface area contributed by atoms with Gasteiger partial charge < -0.3 is 11.1 Å². The molecule has 1 aliphatic carbocycles. The molecule has 1 aromatic heterocycles. The molecule has 96 valence electrons. The van der Waals surface area contributed by atoms with Crippen LogP contribution in [0.1, 0.15) is 29.6 Å². The van der Waals surface area contributed by atoms with E-state index in [1.165, 1.54) is 12.3 Å². The number of pyridine rings is 1. The molecular formula is C12H14FN3O2. The molecule has 1 heterocycles. The van der Waals surface area contributed by atoms with Gasteiger partial charge in [-0.05, 0) is 18.9 Å². The maximum atomic E-state index is 12.9. The number of nitrogens with two attached hydrogens (primary N) is 1. The summed E-state index contributed by atoms with van der Waals surface area (Å²) in [4.78, 5) is 26.4. The van der Waals surface area contributed by atoms with E-state index in [9.17, 15) is 14.0 Å². The van der Waals surface area contributed by atoms with Crippen molar-refractivity contribution in [1.29, 1.82) is 0 Å². The Labute approximate surface area is 104 Å². The fourth-order valence-corrected chi connectivity index (χ4v) is 2.27. The number of primary amides is 1. The molecule has 1 fully saturated rings. The van der Waals surface area contributed by atoms with Gasteiger partial charge in [0.1, 0.15) is 0 Å². The average molecular weight is 251 g/mol. The van der Waals surface area contributed by atoms with Gasteiger partial charge in [0, 0.05) is 23.9 Å². The third-order valence-corrected chi connectivity index (χ3v) is 3.19. The van der Waals surface area contributed by atoms with E-state index in [1.54, 1.807) is 0 Å². The molecule has 6 heteroatoms. The number of carbonyl (C=O) groups is 2. The van der Waals surface area contributed by atoms with E-state index in [2.05, 4.69) is 10.3 Å². The zero-order valence-corrected chi connectivity index (χ0v) is 9.73. The van der Waals surface area contributed by atoms with Gasteiger partial charge >= 0.3 is 0 Å². The molecule has 2 atom stereocenters. The Bertz CT molecular complexity index is 478. The second-order valence-corrected chi connectivity index (χ2v) is 4.39. The number of aromatic nitrogens is 1. The van der Waals surface area contributed by atoms with E-state index in [-0.39, 0.29) is 17.5 Å². The van der Waals surface area contributed by atoms with Crippen LogP contribution in [0.3, 0.4) is 0 Å². The van der Waals surface area contributed by atoms with Crippen molar-refractivity contribution in [2.24, 2.45) is 11.7 Å². The second kappa shape index (κ2) is 5.12. The van der Waals surface area contributed by atoms with Gasteiger partial charge in [-0.2, -0.15) is 4.39 Å². The minimum atomic E-state index is -0.708. The molecule has 0 radical (unpaired) electrons. The lowest BCUT2D eigenvalue weighted by Crippen LogP contribution is -2.42. The van der Waals surface area contributed by atoms with Crippen LogP contribution in [0.4, 0.5) is 4.39 Å². The van der Waals surface area contributed by atoms with Crippen molar-refractivity contribution in [3.8, 4) is 0 Å². The Balaban J connectivity index is 2.05. The third kappa shape index (κ3) is 2.64. The summed E-state index contributed by atoms with van der Waals surface area (Å²) in [5.41, 5.74) is 5.46. The summed E-state index contributed by atoms with van der Waals surface area (Å²) in [6.07, 6.45) is 3.48. The monoisotopic (exact) mass is 251 g/mol. The number of nitrogens with zero attached hydrogens (tertiary/aromatic N) is 1. The first-order chi connectivity index (χ1) is 8.58. The van der Waals surface area contributed by atoms with Crippen molar-refractivity contribution in [2.75, 3.05) is 0 Å². The quantitative estimate of drug-likeness (QED) is 0.771. The third-order valence-electron chi connectivity index (χ3n) is 3.19. The highest BCUT2D eigenvalue weighted by molar-refractivity contribution is 5.94. The van der Waals surface area contributed by atoms with Gasteiger partial charge in [-0.1, -0.05) is 6.42 Å². The Morgan fingerprint density at radius 2 is 2.22 bits per heavy atom. The highest BCUT2D eigenvalue weighted by Crippen LogP contribution is 2.25. The largest absolute Gasteiger partial charge is 0.369 e.